The first-order chi connectivity index (χ1) is 60.5. The average Bonchev–Trinajstić information content (AvgIpc) is 0.736. The summed E-state index contributed by atoms with van der Waals surface area (Å²) in [7, 11) is 0. The molecule has 0 aliphatic rings. The smallest absolute Gasteiger partial charge is 0.164 e. The van der Waals surface area contributed by atoms with Crippen LogP contribution in [0, 0.1) is 0 Å². The van der Waals surface area contributed by atoms with E-state index in [4.69, 9.17) is 29.9 Å². The highest BCUT2D eigenvalue weighted by molar-refractivity contribution is 6.25. The first kappa shape index (κ1) is 72.2. The van der Waals surface area contributed by atoms with E-state index in [9.17, 15) is 0 Å². The SMILES string of the molecule is c1ccc(-c2nc(-c3c4ccccc4c(-c4ccccc4)c4ccccc34)nc3ccccc23)cc1.c1ccc(-c2nc(-c3ccccc3)nc(-c3ccc4c(-c5ccc6ccccc6c5)c5ccccc5c(-c5ccc6ccccc6c5)c4c3)n2)cc1.c1ccc2cc(-c3c4ccccc4c(-c4cc5ccccc5cn4)c4ccccc34)ccc2c1. The maximum absolute atomic E-state index is 5.23. The standard InChI is InChI=1S/C49H31N3.C34H22N2.C33H21N/c1-3-15-34(16-4-1)47-50-48(35-17-5-2-6-18-35)52-49(51-47)40-27-28-43-44(31-40)46(39-26-24-33-14-8-10-20-37(33)30-39)42-22-12-11-21-41(42)45(43)38-25-23-32-13-7-9-19-36(32)29-38;1-3-13-23(14-4-1)31-25-17-7-9-19-27(25)32(28-20-10-8-18-26(28)31)34-35-30-22-12-11-21-29(30)33(36-34)24-15-5-2-6-16-24;1-2-10-23-19-25(18-17-22(23)9-1)32-27-13-5-7-15-29(27)33(30-16-8-6-14-28(30)32)31-20-24-11-3-4-12-26(24)21-34-31/h1-31H;1-22H;1-21H. The number of fused-ring (bicyclic) bond motifs is 11. The van der Waals surface area contributed by atoms with Crippen LogP contribution in [-0.2, 0) is 0 Å². The number of aromatic nitrogens is 6. The van der Waals surface area contributed by atoms with Crippen molar-refractivity contribution in [1.29, 1.82) is 0 Å². The molecule has 122 heavy (non-hydrogen) atoms. The predicted molar refractivity (Wildman–Crippen MR) is 513 cm³/mol. The Bertz CT molecular complexity index is 7890. The van der Waals surface area contributed by atoms with Gasteiger partial charge in [0.05, 0.1) is 16.9 Å². The van der Waals surface area contributed by atoms with Gasteiger partial charge in [-0.1, -0.05) is 406 Å². The molecule has 0 spiro atoms. The highest BCUT2D eigenvalue weighted by Crippen LogP contribution is 2.49. The van der Waals surface area contributed by atoms with E-state index in [1.807, 2.05) is 79.0 Å². The Balaban J connectivity index is 0.000000113. The quantitative estimate of drug-likeness (QED) is 0.127. The summed E-state index contributed by atoms with van der Waals surface area (Å²) in [4.78, 5) is 30.4. The van der Waals surface area contributed by atoms with Crippen LogP contribution < -0.4 is 0 Å². The molecule has 0 fully saturated rings. The summed E-state index contributed by atoms with van der Waals surface area (Å²) in [6, 6.07) is 157. The molecular formula is C116H74N6. The van der Waals surface area contributed by atoms with Crippen LogP contribution in [0.1, 0.15) is 0 Å². The van der Waals surface area contributed by atoms with Crippen LogP contribution in [0.5, 0.6) is 0 Å². The van der Waals surface area contributed by atoms with Gasteiger partial charge in [0.25, 0.3) is 0 Å². The third-order valence-electron chi connectivity index (χ3n) is 23.8. The van der Waals surface area contributed by atoms with Gasteiger partial charge in [-0.2, -0.15) is 0 Å². The molecule has 24 rings (SSSR count). The van der Waals surface area contributed by atoms with Gasteiger partial charge in [-0.3, -0.25) is 4.98 Å². The number of benzene rings is 21. The molecule has 0 radical (unpaired) electrons. The molecule has 21 aromatic carbocycles. The van der Waals surface area contributed by atoms with Gasteiger partial charge in [0.2, 0.25) is 0 Å². The molecule has 0 aliphatic heterocycles. The molecular weight excluding hydrogens is 1480 g/mol. The van der Waals surface area contributed by atoms with Gasteiger partial charge in [0.1, 0.15) is 0 Å². The Morgan fingerprint density at radius 1 is 0.139 bits per heavy atom. The second-order valence-electron chi connectivity index (χ2n) is 31.0. The minimum absolute atomic E-state index is 0.638. The van der Waals surface area contributed by atoms with Crippen molar-refractivity contribution in [3.63, 3.8) is 0 Å². The third kappa shape index (κ3) is 13.3. The summed E-state index contributed by atoms with van der Waals surface area (Å²) < 4.78 is 0. The first-order valence-corrected chi connectivity index (χ1v) is 41.5. The van der Waals surface area contributed by atoms with Crippen molar-refractivity contribution in [3.05, 3.63) is 449 Å². The minimum atomic E-state index is 0.638. The number of nitrogens with zero attached hydrogens (tertiary/aromatic N) is 6. The number of hydrogen-bond acceptors (Lipinski definition) is 6. The van der Waals surface area contributed by atoms with Crippen molar-refractivity contribution in [2.24, 2.45) is 0 Å². The number of pyridine rings is 1. The lowest BCUT2D eigenvalue weighted by Gasteiger charge is -2.19. The Kier molecular flexibility index (Phi) is 18.5. The molecule has 0 saturated heterocycles. The molecule has 568 valence electrons. The lowest BCUT2D eigenvalue weighted by Crippen LogP contribution is -2.00. The molecule has 0 atom stereocenters. The summed E-state index contributed by atoms with van der Waals surface area (Å²) in [6.07, 6.45) is 1.99. The largest absolute Gasteiger partial charge is 0.256 e. The molecule has 0 bridgehead atoms. The van der Waals surface area contributed by atoms with Gasteiger partial charge in [-0.05, 0) is 183 Å². The number of para-hydroxylation sites is 1. The zero-order valence-corrected chi connectivity index (χ0v) is 66.4. The van der Waals surface area contributed by atoms with Crippen LogP contribution in [0.3, 0.4) is 0 Å². The van der Waals surface area contributed by atoms with E-state index in [2.05, 4.69) is 370 Å². The maximum atomic E-state index is 5.23. The van der Waals surface area contributed by atoms with Crippen LogP contribution in [0.4, 0.5) is 0 Å². The summed E-state index contributed by atoms with van der Waals surface area (Å²) >= 11 is 0. The van der Waals surface area contributed by atoms with Crippen molar-refractivity contribution in [2.75, 3.05) is 0 Å². The van der Waals surface area contributed by atoms with Crippen molar-refractivity contribution in [3.8, 4) is 113 Å². The van der Waals surface area contributed by atoms with Gasteiger partial charge in [0.15, 0.2) is 23.3 Å². The zero-order chi connectivity index (χ0) is 80.8. The topological polar surface area (TPSA) is 77.3 Å². The van der Waals surface area contributed by atoms with Crippen molar-refractivity contribution in [2.45, 2.75) is 0 Å². The van der Waals surface area contributed by atoms with Gasteiger partial charge >= 0.3 is 0 Å². The molecule has 0 aliphatic carbocycles. The van der Waals surface area contributed by atoms with E-state index in [0.29, 0.717) is 17.5 Å². The van der Waals surface area contributed by atoms with Crippen molar-refractivity contribution >= 4 is 119 Å². The predicted octanol–water partition coefficient (Wildman–Crippen LogP) is 30.8. The molecule has 0 unspecified atom stereocenters. The lowest BCUT2D eigenvalue weighted by molar-refractivity contribution is 1.07. The van der Waals surface area contributed by atoms with E-state index >= 15 is 0 Å². The molecule has 0 amide bonds. The molecule has 3 aromatic heterocycles. The van der Waals surface area contributed by atoms with Crippen LogP contribution in [0.15, 0.2) is 449 Å². The van der Waals surface area contributed by atoms with Crippen LogP contribution >= 0.6 is 0 Å². The van der Waals surface area contributed by atoms with Gasteiger partial charge in [0, 0.05) is 50.4 Å². The Hall–Kier alpha value is -16.3. The fourth-order valence-corrected chi connectivity index (χ4v) is 18.1. The second-order valence-corrected chi connectivity index (χ2v) is 31.0. The Labute approximate surface area is 705 Å². The summed E-state index contributed by atoms with van der Waals surface area (Å²) in [5.74, 6) is 2.68. The molecule has 0 N–H and O–H groups in total. The van der Waals surface area contributed by atoms with E-state index in [1.54, 1.807) is 0 Å². The second kappa shape index (κ2) is 31.3. The Morgan fingerprint density at radius 2 is 0.434 bits per heavy atom. The van der Waals surface area contributed by atoms with Crippen LogP contribution in [0.25, 0.3) is 231 Å². The fourth-order valence-electron chi connectivity index (χ4n) is 18.1. The molecule has 6 heteroatoms. The summed E-state index contributed by atoms with van der Waals surface area (Å²) in [5, 5.41) is 25.3. The van der Waals surface area contributed by atoms with Crippen molar-refractivity contribution < 1.29 is 0 Å². The Morgan fingerprint density at radius 3 is 0.861 bits per heavy atom. The number of hydrogen-bond donors (Lipinski definition) is 0. The van der Waals surface area contributed by atoms with Crippen LogP contribution in [-0.4, -0.2) is 29.9 Å². The molecule has 6 nitrogen and oxygen atoms in total. The highest BCUT2D eigenvalue weighted by Gasteiger charge is 2.24. The third-order valence-corrected chi connectivity index (χ3v) is 23.8. The van der Waals surface area contributed by atoms with Gasteiger partial charge in [-0.25, -0.2) is 24.9 Å². The van der Waals surface area contributed by atoms with Gasteiger partial charge in [-0.15, -0.1) is 0 Å². The highest BCUT2D eigenvalue weighted by atomic mass is 15.0. The molecule has 0 saturated carbocycles. The van der Waals surface area contributed by atoms with Crippen LogP contribution in [0.2, 0.25) is 0 Å². The molecule has 3 heterocycles. The van der Waals surface area contributed by atoms with E-state index < -0.39 is 0 Å². The lowest BCUT2D eigenvalue weighted by atomic mass is 9.84. The summed E-state index contributed by atoms with van der Waals surface area (Å²) in [5.41, 5.74) is 18.9. The monoisotopic (exact) mass is 1550 g/mol. The maximum Gasteiger partial charge on any atom is 0.164 e. The van der Waals surface area contributed by atoms with E-state index in [0.717, 1.165) is 77.5 Å². The average molecular weight is 1550 g/mol. The van der Waals surface area contributed by atoms with Gasteiger partial charge < -0.3 is 0 Å². The number of rotatable bonds is 10. The van der Waals surface area contributed by atoms with E-state index in [1.165, 1.54) is 136 Å². The minimum Gasteiger partial charge on any atom is -0.256 e. The zero-order valence-electron chi connectivity index (χ0n) is 66.4. The summed E-state index contributed by atoms with van der Waals surface area (Å²) in [6.45, 7) is 0. The normalized spacial score (nSPS) is 11.4. The molecule has 24 aromatic rings. The first-order valence-electron chi connectivity index (χ1n) is 41.5. The fraction of sp³-hybridized carbons (Fsp3) is 0. The van der Waals surface area contributed by atoms with Crippen molar-refractivity contribution in [1.82, 2.24) is 29.9 Å². The van der Waals surface area contributed by atoms with E-state index in [-0.39, 0.29) is 0 Å².